The number of hydrogen-bond acceptors (Lipinski definition) is 3. The number of aromatic nitrogens is 1. The van der Waals surface area contributed by atoms with E-state index in [2.05, 4.69) is 39.5 Å². The van der Waals surface area contributed by atoms with Crippen LogP contribution in [0.15, 0.2) is 35.7 Å². The Bertz CT molecular complexity index is 696. The molecule has 4 heteroatoms. The van der Waals surface area contributed by atoms with Gasteiger partial charge in [0.2, 0.25) is 5.91 Å². The van der Waals surface area contributed by atoms with Gasteiger partial charge in [-0.15, -0.1) is 11.3 Å². The standard InChI is InChI=1S/C19H22N2OS/c1-13-12-23-18(20-13)17-9-5-6-10-21(17)19(22)16-11-15(16)14-7-3-2-4-8-14/h2-4,7-8,12,15-17H,5-6,9-11H2,1H3/t15-,16-,17+/m1/s1. The number of thiazole rings is 1. The van der Waals surface area contributed by atoms with Gasteiger partial charge in [-0.2, -0.15) is 0 Å². The first-order chi connectivity index (χ1) is 11.2. The van der Waals surface area contributed by atoms with Gasteiger partial charge in [-0.1, -0.05) is 30.3 Å². The maximum absolute atomic E-state index is 13.0. The highest BCUT2D eigenvalue weighted by atomic mass is 32.1. The van der Waals surface area contributed by atoms with Crippen molar-refractivity contribution < 1.29 is 4.79 Å². The van der Waals surface area contributed by atoms with E-state index in [1.165, 1.54) is 12.0 Å². The Morgan fingerprint density at radius 2 is 2.09 bits per heavy atom. The number of aryl methyl sites for hydroxylation is 1. The lowest BCUT2D eigenvalue weighted by molar-refractivity contribution is -0.136. The summed E-state index contributed by atoms with van der Waals surface area (Å²) in [6.07, 6.45) is 4.37. The fraction of sp³-hybridized carbons (Fsp3) is 0.474. The van der Waals surface area contributed by atoms with Crippen LogP contribution >= 0.6 is 11.3 Å². The molecule has 0 bridgehead atoms. The molecule has 1 saturated carbocycles. The summed E-state index contributed by atoms with van der Waals surface area (Å²) < 4.78 is 0. The number of amides is 1. The molecule has 4 rings (SSSR count). The van der Waals surface area contributed by atoms with Crippen LogP contribution in [0.1, 0.15) is 53.9 Å². The van der Waals surface area contributed by atoms with Gasteiger partial charge in [0.25, 0.3) is 0 Å². The zero-order valence-electron chi connectivity index (χ0n) is 13.4. The lowest BCUT2D eigenvalue weighted by Gasteiger charge is -2.35. The van der Waals surface area contributed by atoms with E-state index in [9.17, 15) is 4.79 Å². The van der Waals surface area contributed by atoms with Gasteiger partial charge < -0.3 is 4.90 Å². The Morgan fingerprint density at radius 1 is 1.26 bits per heavy atom. The molecule has 1 amide bonds. The summed E-state index contributed by atoms with van der Waals surface area (Å²) in [6, 6.07) is 10.7. The summed E-state index contributed by atoms with van der Waals surface area (Å²) in [7, 11) is 0. The Kier molecular flexibility index (Phi) is 3.93. The number of piperidine rings is 1. The van der Waals surface area contributed by atoms with Crippen molar-refractivity contribution in [2.75, 3.05) is 6.54 Å². The molecule has 1 aliphatic carbocycles. The summed E-state index contributed by atoms with van der Waals surface area (Å²) in [5.74, 6) is 0.944. The molecule has 0 spiro atoms. The maximum atomic E-state index is 13.0. The Balaban J connectivity index is 1.51. The molecule has 23 heavy (non-hydrogen) atoms. The predicted molar refractivity (Wildman–Crippen MR) is 92.4 cm³/mol. The van der Waals surface area contributed by atoms with Gasteiger partial charge in [-0.3, -0.25) is 4.79 Å². The third-order valence-corrected chi connectivity index (χ3v) is 6.11. The molecule has 1 aliphatic heterocycles. The monoisotopic (exact) mass is 326 g/mol. The number of carbonyl (C=O) groups is 1. The van der Waals surface area contributed by atoms with Gasteiger partial charge >= 0.3 is 0 Å². The third kappa shape index (κ3) is 2.92. The van der Waals surface area contributed by atoms with Gasteiger partial charge in [0.1, 0.15) is 5.01 Å². The van der Waals surface area contributed by atoms with Crippen LogP contribution in [0.25, 0.3) is 0 Å². The number of likely N-dealkylation sites (tertiary alicyclic amines) is 1. The predicted octanol–water partition coefficient (Wildman–Crippen LogP) is 4.31. The molecule has 2 fully saturated rings. The number of benzene rings is 1. The van der Waals surface area contributed by atoms with Crippen LogP contribution in [0.5, 0.6) is 0 Å². The molecule has 2 aliphatic rings. The average Bonchev–Trinajstić information content (AvgIpc) is 3.29. The van der Waals surface area contributed by atoms with Gasteiger partial charge in [0.15, 0.2) is 0 Å². The molecule has 0 N–H and O–H groups in total. The highest BCUT2D eigenvalue weighted by Crippen LogP contribution is 2.50. The van der Waals surface area contributed by atoms with Crippen LogP contribution in [0, 0.1) is 12.8 Å². The van der Waals surface area contributed by atoms with Crippen LogP contribution in [0.3, 0.4) is 0 Å². The molecule has 1 aromatic carbocycles. The second kappa shape index (κ2) is 6.08. The molecule has 1 aromatic heterocycles. The van der Waals surface area contributed by atoms with Gasteiger partial charge in [-0.25, -0.2) is 4.98 Å². The molecule has 0 unspecified atom stereocenters. The molecule has 2 heterocycles. The first-order valence-corrected chi connectivity index (χ1v) is 9.39. The summed E-state index contributed by atoms with van der Waals surface area (Å²) in [5.41, 5.74) is 2.38. The molecule has 120 valence electrons. The zero-order chi connectivity index (χ0) is 15.8. The van der Waals surface area contributed by atoms with E-state index in [1.54, 1.807) is 11.3 Å². The van der Waals surface area contributed by atoms with E-state index in [-0.39, 0.29) is 12.0 Å². The first kappa shape index (κ1) is 14.9. The van der Waals surface area contributed by atoms with Crippen molar-refractivity contribution in [3.8, 4) is 0 Å². The lowest BCUT2D eigenvalue weighted by atomic mass is 10.0. The third-order valence-electron chi connectivity index (χ3n) is 5.04. The number of hydrogen-bond donors (Lipinski definition) is 0. The molecular formula is C19H22N2OS. The van der Waals surface area contributed by atoms with E-state index in [4.69, 9.17) is 0 Å². The van der Waals surface area contributed by atoms with E-state index in [0.717, 1.165) is 36.5 Å². The van der Waals surface area contributed by atoms with Crippen molar-refractivity contribution in [3.05, 3.63) is 52.0 Å². The molecule has 2 aromatic rings. The largest absolute Gasteiger partial charge is 0.333 e. The highest BCUT2D eigenvalue weighted by Gasteiger charge is 2.47. The smallest absolute Gasteiger partial charge is 0.226 e. The van der Waals surface area contributed by atoms with Gasteiger partial charge in [0, 0.05) is 23.5 Å². The molecule has 0 radical (unpaired) electrons. The fourth-order valence-corrected chi connectivity index (χ4v) is 4.67. The van der Waals surface area contributed by atoms with Crippen molar-refractivity contribution >= 4 is 17.2 Å². The van der Waals surface area contributed by atoms with Crippen LogP contribution in [-0.4, -0.2) is 22.3 Å². The van der Waals surface area contributed by atoms with Crippen molar-refractivity contribution in [2.24, 2.45) is 5.92 Å². The summed E-state index contributed by atoms with van der Waals surface area (Å²) in [6.45, 7) is 2.92. The van der Waals surface area contributed by atoms with Gasteiger partial charge in [-0.05, 0) is 44.1 Å². The molecule has 1 saturated heterocycles. The summed E-state index contributed by atoms with van der Waals surface area (Å²) in [5, 5.41) is 3.21. The van der Waals surface area contributed by atoms with Crippen LogP contribution in [0.4, 0.5) is 0 Å². The average molecular weight is 326 g/mol. The molecule has 3 atom stereocenters. The molecule has 3 nitrogen and oxygen atoms in total. The maximum Gasteiger partial charge on any atom is 0.226 e. The Hall–Kier alpha value is -1.68. The normalized spacial score (nSPS) is 27.0. The first-order valence-electron chi connectivity index (χ1n) is 8.51. The minimum absolute atomic E-state index is 0.180. The Morgan fingerprint density at radius 3 is 2.83 bits per heavy atom. The second-order valence-corrected chi connectivity index (χ2v) is 7.62. The van der Waals surface area contributed by atoms with Crippen LogP contribution < -0.4 is 0 Å². The van der Waals surface area contributed by atoms with Gasteiger partial charge in [0.05, 0.1) is 6.04 Å². The minimum atomic E-state index is 0.180. The zero-order valence-corrected chi connectivity index (χ0v) is 14.3. The molecular weight excluding hydrogens is 304 g/mol. The fourth-order valence-electron chi connectivity index (χ4n) is 3.73. The van der Waals surface area contributed by atoms with Crippen molar-refractivity contribution in [1.82, 2.24) is 9.88 Å². The summed E-state index contributed by atoms with van der Waals surface area (Å²) >= 11 is 1.70. The number of nitrogens with zero attached hydrogens (tertiary/aromatic N) is 2. The summed E-state index contributed by atoms with van der Waals surface area (Å²) in [4.78, 5) is 19.8. The van der Waals surface area contributed by atoms with E-state index < -0.39 is 0 Å². The second-order valence-electron chi connectivity index (χ2n) is 6.73. The topological polar surface area (TPSA) is 33.2 Å². The van der Waals surface area contributed by atoms with Crippen molar-refractivity contribution in [1.29, 1.82) is 0 Å². The van der Waals surface area contributed by atoms with Crippen molar-refractivity contribution in [2.45, 2.75) is 44.6 Å². The van der Waals surface area contributed by atoms with E-state index in [1.807, 2.05) is 13.0 Å². The highest BCUT2D eigenvalue weighted by molar-refractivity contribution is 7.09. The minimum Gasteiger partial charge on any atom is -0.333 e. The number of rotatable bonds is 3. The Labute approximate surface area is 141 Å². The van der Waals surface area contributed by atoms with Crippen LogP contribution in [0.2, 0.25) is 0 Å². The lowest BCUT2D eigenvalue weighted by Crippen LogP contribution is -2.39. The van der Waals surface area contributed by atoms with Crippen molar-refractivity contribution in [3.63, 3.8) is 0 Å². The SMILES string of the molecule is Cc1csc([C@@H]2CCCCN2C(=O)[C@@H]2C[C@@H]2c2ccccc2)n1. The van der Waals surface area contributed by atoms with Crippen LogP contribution in [-0.2, 0) is 4.79 Å². The van der Waals surface area contributed by atoms with E-state index >= 15 is 0 Å². The quantitative estimate of drug-likeness (QED) is 0.842. The van der Waals surface area contributed by atoms with E-state index in [0.29, 0.717) is 11.8 Å². The number of carbonyl (C=O) groups excluding carboxylic acids is 1.